The molecule has 0 saturated carbocycles. The minimum absolute atomic E-state index is 0.0385. The number of aromatic nitrogens is 1. The summed E-state index contributed by atoms with van der Waals surface area (Å²) in [5, 5.41) is 0.339. The molecule has 0 aliphatic rings. The summed E-state index contributed by atoms with van der Waals surface area (Å²) in [6, 6.07) is 10.9. The van der Waals surface area contributed by atoms with Gasteiger partial charge in [0.05, 0.1) is 0 Å². The van der Waals surface area contributed by atoms with Gasteiger partial charge in [-0.3, -0.25) is 4.79 Å². The Morgan fingerprint density at radius 2 is 1.94 bits per heavy atom. The van der Waals surface area contributed by atoms with Crippen molar-refractivity contribution in [3.8, 4) is 0 Å². The van der Waals surface area contributed by atoms with Crippen molar-refractivity contribution in [2.45, 2.75) is 6.42 Å². The number of carbonyl (C=O) groups is 1. The Hall–Kier alpha value is -1.19. The van der Waals surface area contributed by atoms with Crippen LogP contribution in [0.2, 0.25) is 5.15 Å². The summed E-state index contributed by atoms with van der Waals surface area (Å²) < 4.78 is 1.00. The van der Waals surface area contributed by atoms with Gasteiger partial charge in [-0.1, -0.05) is 39.7 Å². The van der Waals surface area contributed by atoms with Gasteiger partial charge < -0.3 is 0 Å². The van der Waals surface area contributed by atoms with Crippen molar-refractivity contribution in [1.82, 2.24) is 4.98 Å². The van der Waals surface area contributed by atoms with E-state index < -0.39 is 0 Å². The average molecular weight is 311 g/mol. The lowest BCUT2D eigenvalue weighted by Crippen LogP contribution is -2.03. The molecule has 2 rings (SSSR count). The SMILES string of the molecule is O=C(Cc1ccc(Br)cc1)c1ccnc(Cl)c1. The molecule has 0 amide bonds. The van der Waals surface area contributed by atoms with E-state index >= 15 is 0 Å². The minimum atomic E-state index is 0.0385. The van der Waals surface area contributed by atoms with Gasteiger partial charge >= 0.3 is 0 Å². The van der Waals surface area contributed by atoms with Gasteiger partial charge in [-0.05, 0) is 29.8 Å². The van der Waals surface area contributed by atoms with E-state index in [-0.39, 0.29) is 5.78 Å². The first kappa shape index (κ1) is 12.3. The molecule has 17 heavy (non-hydrogen) atoms. The van der Waals surface area contributed by atoms with E-state index in [1.54, 1.807) is 12.1 Å². The first-order chi connectivity index (χ1) is 8.15. The van der Waals surface area contributed by atoms with Crippen LogP contribution in [-0.2, 0) is 6.42 Å². The normalized spacial score (nSPS) is 10.2. The highest BCUT2D eigenvalue weighted by Crippen LogP contribution is 2.14. The van der Waals surface area contributed by atoms with Crippen molar-refractivity contribution in [2.24, 2.45) is 0 Å². The summed E-state index contributed by atoms with van der Waals surface area (Å²) in [5.41, 5.74) is 1.57. The number of rotatable bonds is 3. The quantitative estimate of drug-likeness (QED) is 0.635. The third-order valence-corrected chi connectivity index (χ3v) is 3.06. The Labute approximate surface area is 113 Å². The van der Waals surface area contributed by atoms with Gasteiger partial charge in [0.15, 0.2) is 5.78 Å². The van der Waals surface area contributed by atoms with Crippen LogP contribution in [0.25, 0.3) is 0 Å². The predicted octanol–water partition coefficient (Wildman–Crippen LogP) is 3.92. The zero-order valence-corrected chi connectivity index (χ0v) is 11.2. The minimum Gasteiger partial charge on any atom is -0.294 e. The van der Waals surface area contributed by atoms with Crippen LogP contribution in [0, 0.1) is 0 Å². The monoisotopic (exact) mass is 309 g/mol. The molecule has 0 unspecified atom stereocenters. The maximum atomic E-state index is 12.0. The fourth-order valence-electron chi connectivity index (χ4n) is 1.47. The fraction of sp³-hybridized carbons (Fsp3) is 0.0769. The second-order valence-electron chi connectivity index (χ2n) is 3.59. The number of hydrogen-bond acceptors (Lipinski definition) is 2. The van der Waals surface area contributed by atoms with E-state index in [0.717, 1.165) is 10.0 Å². The molecule has 86 valence electrons. The molecule has 0 aliphatic heterocycles. The third-order valence-electron chi connectivity index (χ3n) is 2.33. The summed E-state index contributed by atoms with van der Waals surface area (Å²) in [4.78, 5) is 15.8. The molecule has 0 bridgehead atoms. The third kappa shape index (κ3) is 3.38. The van der Waals surface area contributed by atoms with Crippen LogP contribution in [0.4, 0.5) is 0 Å². The van der Waals surface area contributed by atoms with Crippen molar-refractivity contribution in [1.29, 1.82) is 0 Å². The van der Waals surface area contributed by atoms with E-state index in [9.17, 15) is 4.79 Å². The second-order valence-corrected chi connectivity index (χ2v) is 4.90. The van der Waals surface area contributed by atoms with Crippen LogP contribution in [0.5, 0.6) is 0 Å². The van der Waals surface area contributed by atoms with E-state index in [4.69, 9.17) is 11.6 Å². The topological polar surface area (TPSA) is 30.0 Å². The zero-order valence-electron chi connectivity index (χ0n) is 8.86. The van der Waals surface area contributed by atoms with Crippen LogP contribution in [-0.4, -0.2) is 10.8 Å². The molecule has 4 heteroatoms. The number of halogens is 2. The lowest BCUT2D eigenvalue weighted by Gasteiger charge is -2.02. The summed E-state index contributed by atoms with van der Waals surface area (Å²) in [6.45, 7) is 0. The van der Waals surface area contributed by atoms with Crippen LogP contribution in [0.15, 0.2) is 47.1 Å². The molecular formula is C13H9BrClNO. The van der Waals surface area contributed by atoms with E-state index in [1.807, 2.05) is 24.3 Å². The van der Waals surface area contributed by atoms with Crippen LogP contribution >= 0.6 is 27.5 Å². The molecule has 0 N–H and O–H groups in total. The Morgan fingerprint density at radius 3 is 2.59 bits per heavy atom. The smallest absolute Gasteiger partial charge is 0.167 e. The second kappa shape index (κ2) is 5.43. The predicted molar refractivity (Wildman–Crippen MR) is 71.4 cm³/mol. The zero-order chi connectivity index (χ0) is 12.3. The van der Waals surface area contributed by atoms with E-state index in [0.29, 0.717) is 17.1 Å². The van der Waals surface area contributed by atoms with Crippen LogP contribution in [0.3, 0.4) is 0 Å². The molecule has 2 aromatic rings. The maximum Gasteiger partial charge on any atom is 0.167 e. The molecule has 2 nitrogen and oxygen atoms in total. The molecule has 0 atom stereocenters. The molecule has 1 heterocycles. The summed E-state index contributed by atoms with van der Waals surface area (Å²) >= 11 is 9.10. The Morgan fingerprint density at radius 1 is 1.24 bits per heavy atom. The first-order valence-corrected chi connectivity index (χ1v) is 6.21. The highest BCUT2D eigenvalue weighted by atomic mass is 79.9. The standard InChI is InChI=1S/C13H9BrClNO/c14-11-3-1-9(2-4-11)7-12(17)10-5-6-16-13(15)8-10/h1-6,8H,7H2. The van der Waals surface area contributed by atoms with Crippen molar-refractivity contribution >= 4 is 33.3 Å². The summed E-state index contributed by atoms with van der Waals surface area (Å²) in [6.07, 6.45) is 1.91. The highest BCUT2D eigenvalue weighted by Gasteiger charge is 2.07. The Balaban J connectivity index is 2.14. The number of pyridine rings is 1. The van der Waals surface area contributed by atoms with Crippen molar-refractivity contribution in [2.75, 3.05) is 0 Å². The molecule has 0 spiro atoms. The summed E-state index contributed by atoms with van der Waals surface area (Å²) in [5.74, 6) is 0.0385. The van der Waals surface area contributed by atoms with Gasteiger partial charge in [-0.2, -0.15) is 0 Å². The number of carbonyl (C=O) groups excluding carboxylic acids is 1. The average Bonchev–Trinajstić information content (AvgIpc) is 2.32. The number of Topliss-reactive ketones (excluding diaryl/α,β-unsaturated/α-hetero) is 1. The maximum absolute atomic E-state index is 12.0. The molecule has 1 aromatic carbocycles. The highest BCUT2D eigenvalue weighted by molar-refractivity contribution is 9.10. The Bertz CT molecular complexity index is 539. The molecule has 1 aromatic heterocycles. The lowest BCUT2D eigenvalue weighted by atomic mass is 10.0. The van der Waals surface area contributed by atoms with Gasteiger partial charge in [-0.15, -0.1) is 0 Å². The van der Waals surface area contributed by atoms with Gasteiger partial charge in [0.1, 0.15) is 5.15 Å². The van der Waals surface area contributed by atoms with Gasteiger partial charge in [0.25, 0.3) is 0 Å². The van der Waals surface area contributed by atoms with Gasteiger partial charge in [-0.25, -0.2) is 4.98 Å². The van der Waals surface area contributed by atoms with E-state index in [1.165, 1.54) is 6.20 Å². The number of ketones is 1. The number of benzene rings is 1. The Kier molecular flexibility index (Phi) is 3.92. The largest absolute Gasteiger partial charge is 0.294 e. The van der Waals surface area contributed by atoms with Crippen LogP contribution in [0.1, 0.15) is 15.9 Å². The van der Waals surface area contributed by atoms with Crippen molar-refractivity contribution < 1.29 is 4.79 Å². The van der Waals surface area contributed by atoms with Crippen molar-refractivity contribution in [3.05, 3.63) is 63.3 Å². The number of nitrogens with zero attached hydrogens (tertiary/aromatic N) is 1. The van der Waals surface area contributed by atoms with Crippen molar-refractivity contribution in [3.63, 3.8) is 0 Å². The van der Waals surface area contributed by atoms with Gasteiger partial charge in [0, 0.05) is 22.7 Å². The van der Waals surface area contributed by atoms with E-state index in [2.05, 4.69) is 20.9 Å². The molecule has 0 fully saturated rings. The van der Waals surface area contributed by atoms with Gasteiger partial charge in [0.2, 0.25) is 0 Å². The summed E-state index contributed by atoms with van der Waals surface area (Å²) in [7, 11) is 0. The number of hydrogen-bond donors (Lipinski definition) is 0. The fourth-order valence-corrected chi connectivity index (χ4v) is 1.90. The lowest BCUT2D eigenvalue weighted by molar-refractivity contribution is 0.0993. The molecule has 0 saturated heterocycles. The molecular weight excluding hydrogens is 302 g/mol. The molecule has 0 radical (unpaired) electrons. The first-order valence-electron chi connectivity index (χ1n) is 5.04. The van der Waals surface area contributed by atoms with Crippen LogP contribution < -0.4 is 0 Å². The molecule has 0 aliphatic carbocycles.